The lowest BCUT2D eigenvalue weighted by atomic mass is 10.7. The Kier molecular flexibility index (Phi) is 2.70. The van der Waals surface area contributed by atoms with Gasteiger partial charge in [-0.05, 0) is 0 Å². The zero-order valence-corrected chi connectivity index (χ0v) is 8.99. The Morgan fingerprint density at radius 2 is 2.08 bits per heavy atom. The molecular formula is C6H6Cl2N2O2S. The fourth-order valence-electron chi connectivity index (χ4n) is 0.839. The molecule has 0 aliphatic rings. The standard InChI is InChI=1S/C6H6Cl2N2O2S/c1-3-13(11,12)6-4(7)5(8)9-10(6)2/h3H,1H2,2H3. The van der Waals surface area contributed by atoms with Gasteiger partial charge in [0.05, 0.1) is 0 Å². The molecule has 0 aliphatic heterocycles. The second-order valence-electron chi connectivity index (χ2n) is 2.25. The summed E-state index contributed by atoms with van der Waals surface area (Å²) < 4.78 is 23.8. The highest BCUT2D eigenvalue weighted by Crippen LogP contribution is 2.28. The maximum Gasteiger partial charge on any atom is 0.217 e. The lowest BCUT2D eigenvalue weighted by Crippen LogP contribution is -2.04. The molecule has 0 atom stereocenters. The molecule has 1 aromatic rings. The fraction of sp³-hybridized carbons (Fsp3) is 0.167. The molecule has 13 heavy (non-hydrogen) atoms. The summed E-state index contributed by atoms with van der Waals surface area (Å²) in [6.45, 7) is 3.17. The van der Waals surface area contributed by atoms with E-state index in [0.29, 0.717) is 0 Å². The van der Waals surface area contributed by atoms with Crippen molar-refractivity contribution in [2.45, 2.75) is 5.03 Å². The first-order valence-corrected chi connectivity index (χ1v) is 5.46. The predicted octanol–water partition coefficient (Wildman–Crippen LogP) is 1.64. The van der Waals surface area contributed by atoms with Crippen molar-refractivity contribution in [2.24, 2.45) is 7.05 Å². The predicted molar refractivity (Wildman–Crippen MR) is 50.6 cm³/mol. The average Bonchev–Trinajstić information content (AvgIpc) is 2.27. The Bertz CT molecular complexity index is 449. The molecule has 0 aliphatic carbocycles. The number of aromatic nitrogens is 2. The van der Waals surface area contributed by atoms with E-state index < -0.39 is 9.84 Å². The van der Waals surface area contributed by atoms with Crippen LogP contribution in [0.1, 0.15) is 0 Å². The quantitative estimate of drug-likeness (QED) is 0.790. The number of sulfone groups is 1. The lowest BCUT2D eigenvalue weighted by Gasteiger charge is -1.98. The van der Waals surface area contributed by atoms with Crippen LogP contribution >= 0.6 is 23.2 Å². The molecule has 0 fully saturated rings. The molecule has 72 valence electrons. The molecule has 1 aromatic heterocycles. The van der Waals surface area contributed by atoms with Crippen LogP contribution in [0.3, 0.4) is 0 Å². The van der Waals surface area contributed by atoms with E-state index in [2.05, 4.69) is 11.7 Å². The first-order chi connectivity index (χ1) is 5.90. The summed E-state index contributed by atoms with van der Waals surface area (Å²) in [5.74, 6) is 0. The minimum absolute atomic E-state index is 0.0374. The summed E-state index contributed by atoms with van der Waals surface area (Å²) in [6.07, 6.45) is 0. The molecule has 0 saturated heterocycles. The zero-order valence-electron chi connectivity index (χ0n) is 6.66. The van der Waals surface area contributed by atoms with Crippen molar-refractivity contribution in [3.8, 4) is 0 Å². The summed E-state index contributed by atoms with van der Waals surface area (Å²) >= 11 is 11.2. The third kappa shape index (κ3) is 1.72. The van der Waals surface area contributed by atoms with E-state index >= 15 is 0 Å². The van der Waals surface area contributed by atoms with Crippen molar-refractivity contribution < 1.29 is 8.42 Å². The molecule has 0 unspecified atom stereocenters. The van der Waals surface area contributed by atoms with E-state index in [1.807, 2.05) is 0 Å². The van der Waals surface area contributed by atoms with Gasteiger partial charge in [0.1, 0.15) is 5.02 Å². The van der Waals surface area contributed by atoms with Crippen LogP contribution in [0.5, 0.6) is 0 Å². The van der Waals surface area contributed by atoms with E-state index in [4.69, 9.17) is 23.2 Å². The topological polar surface area (TPSA) is 52.0 Å². The first-order valence-electron chi connectivity index (χ1n) is 3.15. The largest absolute Gasteiger partial charge is 0.254 e. The minimum atomic E-state index is -3.59. The van der Waals surface area contributed by atoms with Gasteiger partial charge < -0.3 is 0 Å². The molecule has 0 N–H and O–H groups in total. The Morgan fingerprint density at radius 3 is 2.38 bits per heavy atom. The summed E-state index contributed by atoms with van der Waals surface area (Å²) in [4.78, 5) is 0. The molecule has 0 amide bonds. The second kappa shape index (κ2) is 3.32. The van der Waals surface area contributed by atoms with Crippen molar-refractivity contribution in [3.63, 3.8) is 0 Å². The van der Waals surface area contributed by atoms with Gasteiger partial charge in [-0.3, -0.25) is 4.68 Å². The lowest BCUT2D eigenvalue weighted by molar-refractivity contribution is 0.585. The molecule has 0 spiro atoms. The van der Waals surface area contributed by atoms with Gasteiger partial charge >= 0.3 is 0 Å². The van der Waals surface area contributed by atoms with Crippen molar-refractivity contribution in [1.82, 2.24) is 9.78 Å². The second-order valence-corrected chi connectivity index (χ2v) is 4.79. The van der Waals surface area contributed by atoms with Crippen LogP contribution in [-0.2, 0) is 16.9 Å². The molecule has 0 saturated carbocycles. The van der Waals surface area contributed by atoms with Gasteiger partial charge in [-0.1, -0.05) is 29.8 Å². The van der Waals surface area contributed by atoms with Gasteiger partial charge in [0, 0.05) is 12.5 Å². The zero-order chi connectivity index (χ0) is 10.2. The summed E-state index contributed by atoms with van der Waals surface area (Å²) in [7, 11) is -2.15. The van der Waals surface area contributed by atoms with Gasteiger partial charge in [-0.2, -0.15) is 5.10 Å². The van der Waals surface area contributed by atoms with Gasteiger partial charge in [0.15, 0.2) is 10.2 Å². The molecule has 7 heteroatoms. The number of hydrogen-bond donors (Lipinski definition) is 0. The van der Waals surface area contributed by atoms with E-state index in [9.17, 15) is 8.42 Å². The van der Waals surface area contributed by atoms with Crippen LogP contribution < -0.4 is 0 Å². The van der Waals surface area contributed by atoms with Crippen molar-refractivity contribution in [3.05, 3.63) is 22.2 Å². The number of halogens is 2. The van der Waals surface area contributed by atoms with Gasteiger partial charge in [0.2, 0.25) is 9.84 Å². The van der Waals surface area contributed by atoms with Crippen LogP contribution in [-0.4, -0.2) is 18.2 Å². The smallest absolute Gasteiger partial charge is 0.217 e. The summed E-state index contributed by atoms with van der Waals surface area (Å²) in [6, 6.07) is 0. The Labute approximate surface area is 85.7 Å². The SMILES string of the molecule is C=CS(=O)(=O)c1c(Cl)c(Cl)nn1C. The average molecular weight is 241 g/mol. The fourth-order valence-corrected chi connectivity index (χ4v) is 2.49. The van der Waals surface area contributed by atoms with E-state index in [-0.39, 0.29) is 15.2 Å². The Morgan fingerprint density at radius 1 is 1.54 bits per heavy atom. The van der Waals surface area contributed by atoms with Crippen LogP contribution in [0.25, 0.3) is 0 Å². The van der Waals surface area contributed by atoms with Crippen molar-refractivity contribution >= 4 is 33.0 Å². The highest BCUT2D eigenvalue weighted by atomic mass is 35.5. The number of rotatable bonds is 2. The monoisotopic (exact) mass is 240 g/mol. The van der Waals surface area contributed by atoms with Crippen LogP contribution in [0, 0.1) is 0 Å². The van der Waals surface area contributed by atoms with Crippen LogP contribution in [0.15, 0.2) is 17.0 Å². The molecule has 1 heterocycles. The van der Waals surface area contributed by atoms with E-state index in [1.165, 1.54) is 7.05 Å². The number of hydrogen-bond acceptors (Lipinski definition) is 3. The first kappa shape index (κ1) is 10.6. The number of aryl methyl sites for hydroxylation is 1. The van der Waals surface area contributed by atoms with Crippen molar-refractivity contribution in [2.75, 3.05) is 0 Å². The van der Waals surface area contributed by atoms with Crippen molar-refractivity contribution in [1.29, 1.82) is 0 Å². The third-order valence-corrected chi connectivity index (χ3v) is 3.67. The normalized spacial score (nSPS) is 11.6. The maximum absolute atomic E-state index is 11.3. The van der Waals surface area contributed by atoms with E-state index in [1.54, 1.807) is 0 Å². The van der Waals surface area contributed by atoms with Gasteiger partial charge in [-0.25, -0.2) is 8.42 Å². The Balaban J connectivity index is 3.55. The molecule has 4 nitrogen and oxygen atoms in total. The van der Waals surface area contributed by atoms with Gasteiger partial charge in [0.25, 0.3) is 0 Å². The molecular weight excluding hydrogens is 235 g/mol. The molecule has 1 rings (SSSR count). The molecule has 0 bridgehead atoms. The highest BCUT2D eigenvalue weighted by Gasteiger charge is 2.22. The number of nitrogens with zero attached hydrogens (tertiary/aromatic N) is 2. The van der Waals surface area contributed by atoms with Crippen LogP contribution in [0.2, 0.25) is 10.2 Å². The minimum Gasteiger partial charge on any atom is -0.254 e. The van der Waals surface area contributed by atoms with E-state index in [0.717, 1.165) is 10.1 Å². The molecule has 0 radical (unpaired) electrons. The van der Waals surface area contributed by atoms with Gasteiger partial charge in [-0.15, -0.1) is 0 Å². The maximum atomic E-state index is 11.3. The summed E-state index contributed by atoms with van der Waals surface area (Å²) in [5.41, 5.74) is 0. The van der Waals surface area contributed by atoms with Crippen LogP contribution in [0.4, 0.5) is 0 Å². The Hall–Kier alpha value is -0.520. The highest BCUT2D eigenvalue weighted by molar-refractivity contribution is 7.94. The summed E-state index contributed by atoms with van der Waals surface area (Å²) in [5, 5.41) is 4.18. The third-order valence-electron chi connectivity index (χ3n) is 1.39. The molecule has 0 aromatic carbocycles.